The summed E-state index contributed by atoms with van der Waals surface area (Å²) in [5, 5.41) is 4.17. The summed E-state index contributed by atoms with van der Waals surface area (Å²) in [6, 6.07) is 4.08. The molecule has 0 atom stereocenters. The molecule has 1 saturated heterocycles. The van der Waals surface area contributed by atoms with Crippen molar-refractivity contribution in [3.8, 4) is 5.75 Å². The maximum atomic E-state index is 12.3. The number of piperazine rings is 1. The number of hydrogen-bond acceptors (Lipinski definition) is 5. The minimum Gasteiger partial charge on any atom is -0.495 e. The second kappa shape index (κ2) is 7.46. The normalized spacial score (nSPS) is 14.8. The van der Waals surface area contributed by atoms with Crippen molar-refractivity contribution in [3.05, 3.63) is 40.8 Å². The Morgan fingerprint density at radius 1 is 1.30 bits per heavy atom. The third-order valence-electron chi connectivity index (χ3n) is 4.14. The minimum absolute atomic E-state index is 0.250. The topological polar surface area (TPSA) is 45.7 Å². The zero-order valence-corrected chi connectivity index (χ0v) is 14.1. The van der Waals surface area contributed by atoms with E-state index in [0.29, 0.717) is 6.42 Å². The lowest BCUT2D eigenvalue weighted by Crippen LogP contribution is -2.48. The molecule has 3 rings (SSSR count). The van der Waals surface area contributed by atoms with E-state index in [4.69, 9.17) is 4.74 Å². The lowest BCUT2D eigenvalue weighted by atomic mass is 10.1. The lowest BCUT2D eigenvalue weighted by molar-refractivity contribution is -0.131. The van der Waals surface area contributed by atoms with Gasteiger partial charge in [0.1, 0.15) is 5.75 Å². The van der Waals surface area contributed by atoms with E-state index < -0.39 is 0 Å². The molecule has 1 aliphatic rings. The Balaban J connectivity index is 1.50. The summed E-state index contributed by atoms with van der Waals surface area (Å²) in [5.41, 5.74) is 2.30. The van der Waals surface area contributed by atoms with E-state index in [9.17, 15) is 4.79 Å². The highest BCUT2D eigenvalue weighted by Gasteiger charge is 2.21. The van der Waals surface area contributed by atoms with Crippen LogP contribution in [0.1, 0.15) is 12.0 Å². The van der Waals surface area contributed by atoms with Crippen molar-refractivity contribution < 1.29 is 9.53 Å². The van der Waals surface area contributed by atoms with Gasteiger partial charge in [-0.2, -0.15) is 11.3 Å². The van der Waals surface area contributed by atoms with E-state index in [2.05, 4.69) is 26.7 Å². The van der Waals surface area contributed by atoms with Crippen molar-refractivity contribution in [2.45, 2.75) is 12.8 Å². The summed E-state index contributed by atoms with van der Waals surface area (Å²) >= 11 is 1.68. The molecule has 0 aliphatic carbocycles. The number of anilines is 1. The number of amides is 1. The number of thiophene rings is 1. The van der Waals surface area contributed by atoms with Crippen LogP contribution in [-0.2, 0) is 11.2 Å². The van der Waals surface area contributed by atoms with Crippen LogP contribution < -0.4 is 9.64 Å². The highest BCUT2D eigenvalue weighted by molar-refractivity contribution is 7.07. The first-order valence-corrected chi connectivity index (χ1v) is 8.73. The predicted molar refractivity (Wildman–Crippen MR) is 92.2 cm³/mol. The standard InChI is InChI=1S/C17H21N3O2S/c1-22-16-10-15(11-18-12-16)19-5-7-20(8-6-19)17(21)3-2-14-4-9-23-13-14/h4,9-13H,2-3,5-8H2,1H3. The van der Waals surface area contributed by atoms with Crippen LogP contribution in [0.4, 0.5) is 5.69 Å². The predicted octanol–water partition coefficient (Wildman–Crippen LogP) is 2.43. The molecule has 5 nitrogen and oxygen atoms in total. The molecule has 0 N–H and O–H groups in total. The summed E-state index contributed by atoms with van der Waals surface area (Å²) in [5.74, 6) is 1.01. The monoisotopic (exact) mass is 331 g/mol. The molecule has 0 bridgehead atoms. The molecule has 6 heteroatoms. The summed E-state index contributed by atoms with van der Waals surface area (Å²) in [4.78, 5) is 20.7. The van der Waals surface area contributed by atoms with Gasteiger partial charge in [-0.1, -0.05) is 0 Å². The zero-order valence-electron chi connectivity index (χ0n) is 13.3. The fourth-order valence-electron chi connectivity index (χ4n) is 2.75. The van der Waals surface area contributed by atoms with Crippen LogP contribution in [0.5, 0.6) is 5.75 Å². The smallest absolute Gasteiger partial charge is 0.223 e. The highest BCUT2D eigenvalue weighted by Crippen LogP contribution is 2.21. The molecule has 0 spiro atoms. The Bertz CT molecular complexity index is 637. The molecule has 1 fully saturated rings. The number of nitrogens with zero attached hydrogens (tertiary/aromatic N) is 3. The van der Waals surface area contributed by atoms with Crippen molar-refractivity contribution in [2.24, 2.45) is 0 Å². The molecule has 3 heterocycles. The van der Waals surface area contributed by atoms with Crippen molar-refractivity contribution in [3.63, 3.8) is 0 Å². The zero-order chi connectivity index (χ0) is 16.1. The summed E-state index contributed by atoms with van der Waals surface area (Å²) in [6.45, 7) is 3.19. The van der Waals surface area contributed by atoms with Gasteiger partial charge in [0, 0.05) is 38.7 Å². The van der Waals surface area contributed by atoms with Crippen LogP contribution in [0.2, 0.25) is 0 Å². The van der Waals surface area contributed by atoms with Gasteiger partial charge in [0.15, 0.2) is 0 Å². The molecule has 122 valence electrons. The summed E-state index contributed by atoms with van der Waals surface area (Å²) in [7, 11) is 1.64. The second-order valence-electron chi connectivity index (χ2n) is 5.58. The molecule has 23 heavy (non-hydrogen) atoms. The van der Waals surface area contributed by atoms with E-state index >= 15 is 0 Å². The largest absolute Gasteiger partial charge is 0.495 e. The van der Waals surface area contributed by atoms with E-state index in [0.717, 1.165) is 44.0 Å². The van der Waals surface area contributed by atoms with Gasteiger partial charge in [-0.3, -0.25) is 9.78 Å². The Hall–Kier alpha value is -2.08. The van der Waals surface area contributed by atoms with Crippen LogP contribution in [0.25, 0.3) is 0 Å². The molecule has 2 aromatic heterocycles. The van der Waals surface area contributed by atoms with Crippen molar-refractivity contribution in [1.29, 1.82) is 0 Å². The Labute approximate surface area is 140 Å². The number of rotatable bonds is 5. The van der Waals surface area contributed by atoms with Gasteiger partial charge >= 0.3 is 0 Å². The minimum atomic E-state index is 0.250. The quantitative estimate of drug-likeness (QED) is 0.844. The van der Waals surface area contributed by atoms with Crippen LogP contribution >= 0.6 is 11.3 Å². The number of ether oxygens (including phenoxy) is 1. The average Bonchev–Trinajstić information content (AvgIpc) is 3.13. The van der Waals surface area contributed by atoms with Gasteiger partial charge in [0.05, 0.1) is 25.2 Å². The third-order valence-corrected chi connectivity index (χ3v) is 4.87. The fraction of sp³-hybridized carbons (Fsp3) is 0.412. The van der Waals surface area contributed by atoms with Crippen LogP contribution in [0.15, 0.2) is 35.3 Å². The van der Waals surface area contributed by atoms with Gasteiger partial charge in [-0.05, 0) is 28.8 Å². The van der Waals surface area contributed by atoms with Gasteiger partial charge in [-0.25, -0.2) is 0 Å². The number of hydrogen-bond donors (Lipinski definition) is 0. The number of pyridine rings is 1. The van der Waals surface area contributed by atoms with Gasteiger partial charge in [0.2, 0.25) is 5.91 Å². The van der Waals surface area contributed by atoms with Crippen molar-refractivity contribution >= 4 is 22.9 Å². The second-order valence-corrected chi connectivity index (χ2v) is 6.36. The summed E-state index contributed by atoms with van der Waals surface area (Å²) in [6.07, 6.45) is 4.98. The van der Waals surface area contributed by atoms with Crippen molar-refractivity contribution in [1.82, 2.24) is 9.88 Å². The third kappa shape index (κ3) is 4.01. The van der Waals surface area contributed by atoms with Crippen LogP contribution in [0, 0.1) is 0 Å². The molecule has 0 unspecified atom stereocenters. The first-order valence-electron chi connectivity index (χ1n) is 7.79. The number of aryl methyl sites for hydroxylation is 1. The Kier molecular flexibility index (Phi) is 5.12. The van der Waals surface area contributed by atoms with Gasteiger partial charge < -0.3 is 14.5 Å². The van der Waals surface area contributed by atoms with Gasteiger partial charge in [0.25, 0.3) is 0 Å². The van der Waals surface area contributed by atoms with Crippen LogP contribution in [0.3, 0.4) is 0 Å². The maximum absolute atomic E-state index is 12.3. The van der Waals surface area contributed by atoms with E-state index in [1.54, 1.807) is 24.6 Å². The van der Waals surface area contributed by atoms with Crippen molar-refractivity contribution in [2.75, 3.05) is 38.2 Å². The van der Waals surface area contributed by atoms with Crippen LogP contribution in [-0.4, -0.2) is 49.1 Å². The Morgan fingerprint density at radius 2 is 2.13 bits per heavy atom. The number of carbonyl (C=O) groups excluding carboxylic acids is 1. The fourth-order valence-corrected chi connectivity index (χ4v) is 3.45. The summed E-state index contributed by atoms with van der Waals surface area (Å²) < 4.78 is 5.22. The molecule has 0 radical (unpaired) electrons. The van der Waals surface area contributed by atoms with E-state index in [-0.39, 0.29) is 5.91 Å². The molecule has 0 saturated carbocycles. The lowest BCUT2D eigenvalue weighted by Gasteiger charge is -2.36. The molecular weight excluding hydrogens is 310 g/mol. The van der Waals surface area contributed by atoms with E-state index in [1.165, 1.54) is 5.56 Å². The molecule has 1 aliphatic heterocycles. The first-order chi connectivity index (χ1) is 11.3. The number of aromatic nitrogens is 1. The molecule has 1 amide bonds. The Morgan fingerprint density at radius 3 is 2.83 bits per heavy atom. The average molecular weight is 331 g/mol. The molecular formula is C17H21N3O2S. The highest BCUT2D eigenvalue weighted by atomic mass is 32.1. The maximum Gasteiger partial charge on any atom is 0.223 e. The van der Waals surface area contributed by atoms with E-state index in [1.807, 2.05) is 17.2 Å². The van der Waals surface area contributed by atoms with Gasteiger partial charge in [-0.15, -0.1) is 0 Å². The first kappa shape index (κ1) is 15.8. The SMILES string of the molecule is COc1cncc(N2CCN(C(=O)CCc3ccsc3)CC2)c1. The number of methoxy groups -OCH3 is 1. The molecule has 2 aromatic rings. The molecule has 0 aromatic carbocycles. The number of carbonyl (C=O) groups is 1.